The fourth-order valence-corrected chi connectivity index (χ4v) is 4.16. The number of carbonyl (C=O) groups excluding carboxylic acids is 1. The summed E-state index contributed by atoms with van der Waals surface area (Å²) in [6, 6.07) is 1.41. The number of aliphatic hydroxyl groups excluding tert-OH is 2. The highest BCUT2D eigenvalue weighted by Gasteiger charge is 2.52. The highest BCUT2D eigenvalue weighted by molar-refractivity contribution is 6.03. The first-order valence-electron chi connectivity index (χ1n) is 9.25. The normalized spacial score (nSPS) is 30.3. The van der Waals surface area contributed by atoms with Crippen LogP contribution < -0.4 is 4.74 Å². The second-order valence-electron chi connectivity index (χ2n) is 7.99. The number of hydrogen-bond acceptors (Lipinski definition) is 6. The number of benzene rings is 1. The first-order valence-corrected chi connectivity index (χ1v) is 9.25. The van der Waals surface area contributed by atoms with E-state index in [0.717, 1.165) is 5.57 Å². The van der Waals surface area contributed by atoms with Crippen molar-refractivity contribution in [1.82, 2.24) is 0 Å². The van der Waals surface area contributed by atoms with Crippen molar-refractivity contribution in [3.8, 4) is 11.5 Å². The van der Waals surface area contributed by atoms with Gasteiger partial charge in [-0.1, -0.05) is 11.6 Å². The van der Waals surface area contributed by atoms with Crippen LogP contribution in [-0.2, 0) is 10.2 Å². The number of rotatable bonds is 4. The maximum atomic E-state index is 12.7. The quantitative estimate of drug-likeness (QED) is 0.700. The average Bonchev–Trinajstić information content (AvgIpc) is 2.88. The van der Waals surface area contributed by atoms with Gasteiger partial charge in [-0.15, -0.1) is 0 Å². The van der Waals surface area contributed by atoms with Crippen molar-refractivity contribution >= 4 is 5.78 Å². The van der Waals surface area contributed by atoms with Crippen LogP contribution in [0.2, 0.25) is 0 Å². The lowest BCUT2D eigenvalue weighted by Crippen LogP contribution is -2.43. The van der Waals surface area contributed by atoms with Crippen LogP contribution >= 0.6 is 0 Å². The van der Waals surface area contributed by atoms with E-state index >= 15 is 0 Å². The van der Waals surface area contributed by atoms with Crippen LogP contribution in [0.3, 0.4) is 0 Å². The molecule has 148 valence electrons. The molecule has 6 heteroatoms. The van der Waals surface area contributed by atoms with Crippen LogP contribution in [0.5, 0.6) is 11.5 Å². The van der Waals surface area contributed by atoms with Gasteiger partial charge in [0.15, 0.2) is 5.78 Å². The van der Waals surface area contributed by atoms with E-state index in [-0.39, 0.29) is 29.3 Å². The van der Waals surface area contributed by atoms with Gasteiger partial charge in [-0.25, -0.2) is 0 Å². The van der Waals surface area contributed by atoms with Crippen molar-refractivity contribution < 1.29 is 29.6 Å². The summed E-state index contributed by atoms with van der Waals surface area (Å²) in [5.74, 6) is -0.0149. The first-order chi connectivity index (χ1) is 12.6. The Bertz CT molecular complexity index is 794. The molecular formula is C21H28O6. The molecule has 1 aliphatic heterocycles. The summed E-state index contributed by atoms with van der Waals surface area (Å²) >= 11 is 0. The third-order valence-electron chi connectivity index (χ3n) is 6.05. The zero-order chi connectivity index (χ0) is 20.1. The van der Waals surface area contributed by atoms with Crippen LogP contribution in [0.15, 0.2) is 17.7 Å². The lowest BCUT2D eigenvalue weighted by Gasteiger charge is -2.34. The Kier molecular flexibility index (Phi) is 5.10. The van der Waals surface area contributed by atoms with Gasteiger partial charge >= 0.3 is 0 Å². The molecule has 0 fully saturated rings. The number of ether oxygens (including phenoxy) is 2. The second kappa shape index (κ2) is 6.93. The third kappa shape index (κ3) is 2.96. The summed E-state index contributed by atoms with van der Waals surface area (Å²) in [4.78, 5) is 12.7. The lowest BCUT2D eigenvalue weighted by molar-refractivity contribution is -0.0196. The summed E-state index contributed by atoms with van der Waals surface area (Å²) in [5, 5.41) is 32.2. The molecule has 0 aromatic heterocycles. The predicted molar refractivity (Wildman–Crippen MR) is 100 cm³/mol. The van der Waals surface area contributed by atoms with Gasteiger partial charge < -0.3 is 24.8 Å². The largest absolute Gasteiger partial charge is 0.507 e. The van der Waals surface area contributed by atoms with E-state index < -0.39 is 29.8 Å². The van der Waals surface area contributed by atoms with Crippen LogP contribution in [0, 0.1) is 0 Å². The van der Waals surface area contributed by atoms with Gasteiger partial charge in [0.1, 0.15) is 23.7 Å². The number of hydrogen-bond donors (Lipinski definition) is 3. The molecule has 0 saturated carbocycles. The maximum Gasteiger partial charge on any atom is 0.169 e. The van der Waals surface area contributed by atoms with Gasteiger partial charge in [0, 0.05) is 24.7 Å². The average molecular weight is 376 g/mol. The molecule has 3 N–H and O–H groups in total. The predicted octanol–water partition coefficient (Wildman–Crippen LogP) is 2.78. The molecule has 1 aromatic carbocycles. The van der Waals surface area contributed by atoms with E-state index in [2.05, 4.69) is 0 Å². The van der Waals surface area contributed by atoms with Crippen molar-refractivity contribution in [3.63, 3.8) is 0 Å². The van der Waals surface area contributed by atoms with Gasteiger partial charge in [0.25, 0.3) is 0 Å². The Labute approximate surface area is 159 Å². The van der Waals surface area contributed by atoms with Gasteiger partial charge in [-0.3, -0.25) is 4.79 Å². The van der Waals surface area contributed by atoms with Crippen LogP contribution in [0.25, 0.3) is 0 Å². The minimum absolute atomic E-state index is 0.0384. The van der Waals surface area contributed by atoms with Crippen molar-refractivity contribution in [3.05, 3.63) is 34.4 Å². The monoisotopic (exact) mass is 376 g/mol. The molecule has 2 aliphatic rings. The number of aromatic hydroxyl groups is 1. The third-order valence-corrected chi connectivity index (χ3v) is 6.05. The van der Waals surface area contributed by atoms with Crippen LogP contribution in [0.4, 0.5) is 0 Å². The minimum atomic E-state index is -1.03. The molecule has 1 aliphatic carbocycles. The highest BCUT2D eigenvalue weighted by atomic mass is 16.5. The number of phenols is 1. The zero-order valence-electron chi connectivity index (χ0n) is 16.4. The minimum Gasteiger partial charge on any atom is -0.507 e. The van der Waals surface area contributed by atoms with E-state index in [0.29, 0.717) is 17.5 Å². The molecule has 5 unspecified atom stereocenters. The summed E-state index contributed by atoms with van der Waals surface area (Å²) in [6.07, 6.45) is -0.551. The summed E-state index contributed by atoms with van der Waals surface area (Å²) in [6.45, 7) is 7.56. The number of ketones is 1. The molecule has 0 radical (unpaired) electrons. The molecule has 0 bridgehead atoms. The standard InChI is InChI=1S/C21H28O6/c1-10(2)6-7-16(24)21(4)11(3)27-20-17-12(8-14(23)18(20)21)19(25)15(26-5)9-13(17)22/h6,8,11,15-16,19,23-25H,7,9H2,1-5H3. The van der Waals surface area contributed by atoms with Crippen molar-refractivity contribution in [2.75, 3.05) is 7.11 Å². The van der Waals surface area contributed by atoms with Crippen LogP contribution in [0.1, 0.15) is 68.1 Å². The SMILES string of the molecule is COC1CC(=O)c2c(cc(O)c3c2OC(C)C3(C)C(O)CC=C(C)C)C1O. The number of allylic oxidation sites excluding steroid dienone is 1. The van der Waals surface area contributed by atoms with E-state index in [1.807, 2.05) is 33.8 Å². The number of carbonyl (C=O) groups is 1. The zero-order valence-corrected chi connectivity index (χ0v) is 16.4. The molecule has 1 aromatic rings. The van der Waals surface area contributed by atoms with Crippen molar-refractivity contribution in [1.29, 1.82) is 0 Å². The molecule has 0 amide bonds. The van der Waals surface area contributed by atoms with Gasteiger partial charge in [-0.2, -0.15) is 0 Å². The fraction of sp³-hybridized carbons (Fsp3) is 0.571. The second-order valence-corrected chi connectivity index (χ2v) is 7.99. The first kappa shape index (κ1) is 19.9. The Morgan fingerprint density at radius 1 is 1.48 bits per heavy atom. The topological polar surface area (TPSA) is 96.2 Å². The van der Waals surface area contributed by atoms with Gasteiger partial charge in [0.2, 0.25) is 0 Å². The van der Waals surface area contributed by atoms with Crippen LogP contribution in [-0.4, -0.2) is 46.5 Å². The Balaban J connectivity index is 2.15. The Hall–Kier alpha value is -1.89. The lowest BCUT2D eigenvalue weighted by atomic mass is 9.71. The van der Waals surface area contributed by atoms with E-state index in [4.69, 9.17) is 9.47 Å². The molecule has 3 rings (SSSR count). The van der Waals surface area contributed by atoms with Crippen molar-refractivity contribution in [2.24, 2.45) is 0 Å². The van der Waals surface area contributed by atoms with Gasteiger partial charge in [0.05, 0.1) is 23.2 Å². The maximum absolute atomic E-state index is 12.7. The molecule has 6 nitrogen and oxygen atoms in total. The van der Waals surface area contributed by atoms with E-state index in [1.54, 1.807) is 0 Å². The smallest absolute Gasteiger partial charge is 0.169 e. The van der Waals surface area contributed by atoms with Crippen molar-refractivity contribution in [2.45, 2.75) is 70.4 Å². The molecule has 0 saturated heterocycles. The summed E-state index contributed by atoms with van der Waals surface area (Å²) < 4.78 is 11.2. The molecule has 1 heterocycles. The molecule has 5 atom stereocenters. The summed E-state index contributed by atoms with van der Waals surface area (Å²) in [5.41, 5.74) is 1.23. The number of methoxy groups -OCH3 is 1. The summed E-state index contributed by atoms with van der Waals surface area (Å²) in [7, 11) is 1.44. The highest BCUT2D eigenvalue weighted by Crippen LogP contribution is 2.54. The Morgan fingerprint density at radius 2 is 2.15 bits per heavy atom. The molecular weight excluding hydrogens is 348 g/mol. The van der Waals surface area contributed by atoms with E-state index in [9.17, 15) is 20.1 Å². The fourth-order valence-electron chi connectivity index (χ4n) is 4.16. The van der Waals surface area contributed by atoms with Gasteiger partial charge in [-0.05, 0) is 40.2 Å². The number of aliphatic hydroxyl groups is 2. The Morgan fingerprint density at radius 3 is 2.74 bits per heavy atom. The number of fused-ring (bicyclic) bond motifs is 3. The van der Waals surface area contributed by atoms with E-state index in [1.165, 1.54) is 13.2 Å². The molecule has 0 spiro atoms. The molecule has 27 heavy (non-hydrogen) atoms. The number of phenolic OH excluding ortho intramolecular Hbond substituents is 1. The number of Topliss-reactive ketones (excluding diaryl/α,β-unsaturated/α-hetero) is 1.